The van der Waals surface area contributed by atoms with Crippen LogP contribution in [0.3, 0.4) is 0 Å². The topological polar surface area (TPSA) is 57.2 Å². The highest BCUT2D eigenvalue weighted by Crippen LogP contribution is 2.26. The predicted octanol–water partition coefficient (Wildman–Crippen LogP) is -0.282. The van der Waals surface area contributed by atoms with Gasteiger partial charge in [0, 0.05) is 21.3 Å². The second-order valence-corrected chi connectivity index (χ2v) is 3.37. The Morgan fingerprint density at radius 3 is 2.27 bits per heavy atom. The number of aliphatic hydroxyl groups is 1. The summed E-state index contributed by atoms with van der Waals surface area (Å²) in [6.07, 6.45) is -5.18. The fraction of sp³-hybridized carbons (Fsp3) is 1.00. The van der Waals surface area contributed by atoms with E-state index in [9.17, 15) is 9.50 Å². The summed E-state index contributed by atoms with van der Waals surface area (Å²) in [6, 6.07) is 0. The van der Waals surface area contributed by atoms with Crippen LogP contribution in [0.15, 0.2) is 0 Å². The molecule has 5 nitrogen and oxygen atoms in total. The SMILES string of the molecule is COCC1OC(O)C(OC)C(F)C1OC. The van der Waals surface area contributed by atoms with Gasteiger partial charge < -0.3 is 24.1 Å². The second kappa shape index (κ2) is 5.72. The van der Waals surface area contributed by atoms with Crippen molar-refractivity contribution < 1.29 is 28.4 Å². The molecule has 1 fully saturated rings. The van der Waals surface area contributed by atoms with Crippen molar-refractivity contribution in [2.75, 3.05) is 27.9 Å². The largest absolute Gasteiger partial charge is 0.382 e. The third kappa shape index (κ3) is 2.64. The number of aliphatic hydroxyl groups excluding tert-OH is 1. The number of hydrogen-bond acceptors (Lipinski definition) is 5. The molecule has 90 valence electrons. The van der Waals surface area contributed by atoms with Crippen LogP contribution in [0.25, 0.3) is 0 Å². The van der Waals surface area contributed by atoms with Gasteiger partial charge in [0.05, 0.1) is 6.61 Å². The molecular weight excluding hydrogens is 207 g/mol. The van der Waals surface area contributed by atoms with Crippen LogP contribution in [-0.2, 0) is 18.9 Å². The van der Waals surface area contributed by atoms with Crippen molar-refractivity contribution in [2.45, 2.75) is 30.8 Å². The first-order valence-corrected chi connectivity index (χ1v) is 4.67. The number of halogens is 1. The van der Waals surface area contributed by atoms with Crippen LogP contribution in [-0.4, -0.2) is 63.8 Å². The van der Waals surface area contributed by atoms with Crippen molar-refractivity contribution >= 4 is 0 Å². The van der Waals surface area contributed by atoms with E-state index in [1.807, 2.05) is 0 Å². The Balaban J connectivity index is 2.70. The highest BCUT2D eigenvalue weighted by Gasteiger charge is 2.46. The summed E-state index contributed by atoms with van der Waals surface area (Å²) in [4.78, 5) is 0. The normalized spacial score (nSPS) is 41.8. The van der Waals surface area contributed by atoms with Crippen LogP contribution in [0.1, 0.15) is 0 Å². The van der Waals surface area contributed by atoms with E-state index in [1.54, 1.807) is 0 Å². The summed E-state index contributed by atoms with van der Waals surface area (Å²) in [5.74, 6) is 0. The molecule has 5 unspecified atom stereocenters. The van der Waals surface area contributed by atoms with Gasteiger partial charge in [-0.25, -0.2) is 4.39 Å². The lowest BCUT2D eigenvalue weighted by molar-refractivity contribution is -0.285. The smallest absolute Gasteiger partial charge is 0.184 e. The fourth-order valence-corrected chi connectivity index (χ4v) is 1.71. The van der Waals surface area contributed by atoms with E-state index in [1.165, 1.54) is 21.3 Å². The molecule has 1 N–H and O–H groups in total. The van der Waals surface area contributed by atoms with Crippen LogP contribution in [0, 0.1) is 0 Å². The maximum Gasteiger partial charge on any atom is 0.184 e. The van der Waals surface area contributed by atoms with Crippen molar-refractivity contribution in [2.24, 2.45) is 0 Å². The Hall–Kier alpha value is -0.270. The molecule has 0 aromatic heterocycles. The minimum absolute atomic E-state index is 0.159. The number of hydrogen-bond donors (Lipinski definition) is 1. The van der Waals surface area contributed by atoms with Gasteiger partial charge in [-0.15, -0.1) is 0 Å². The number of alkyl halides is 1. The van der Waals surface area contributed by atoms with Crippen LogP contribution < -0.4 is 0 Å². The Morgan fingerprint density at radius 1 is 1.20 bits per heavy atom. The Morgan fingerprint density at radius 2 is 1.80 bits per heavy atom. The van der Waals surface area contributed by atoms with Gasteiger partial charge in [0.15, 0.2) is 12.5 Å². The first-order valence-electron chi connectivity index (χ1n) is 4.67. The van der Waals surface area contributed by atoms with Crippen molar-refractivity contribution in [1.82, 2.24) is 0 Å². The standard InChI is InChI=1S/C9H17FO5/c1-12-4-5-7(13-2)6(10)8(14-3)9(11)15-5/h5-9,11H,4H2,1-3H3. The van der Waals surface area contributed by atoms with Crippen LogP contribution in [0.2, 0.25) is 0 Å². The third-order valence-electron chi connectivity index (χ3n) is 2.46. The van der Waals surface area contributed by atoms with Gasteiger partial charge in [-0.05, 0) is 0 Å². The van der Waals surface area contributed by atoms with Crippen molar-refractivity contribution in [3.63, 3.8) is 0 Å². The zero-order chi connectivity index (χ0) is 11.4. The molecule has 0 bridgehead atoms. The summed E-state index contributed by atoms with van der Waals surface area (Å²) in [5.41, 5.74) is 0. The second-order valence-electron chi connectivity index (χ2n) is 3.37. The van der Waals surface area contributed by atoms with Gasteiger partial charge in [-0.2, -0.15) is 0 Å². The van der Waals surface area contributed by atoms with E-state index in [-0.39, 0.29) is 6.61 Å². The van der Waals surface area contributed by atoms with Crippen molar-refractivity contribution in [1.29, 1.82) is 0 Å². The highest BCUT2D eigenvalue weighted by atomic mass is 19.1. The van der Waals surface area contributed by atoms with Gasteiger partial charge in [-0.1, -0.05) is 0 Å². The van der Waals surface area contributed by atoms with Gasteiger partial charge in [0.2, 0.25) is 0 Å². The molecule has 1 saturated heterocycles. The molecule has 6 heteroatoms. The number of rotatable bonds is 4. The summed E-state index contributed by atoms with van der Waals surface area (Å²) < 4.78 is 33.6. The number of ether oxygens (including phenoxy) is 4. The monoisotopic (exact) mass is 224 g/mol. The van der Waals surface area contributed by atoms with E-state index >= 15 is 0 Å². The van der Waals surface area contributed by atoms with Crippen LogP contribution in [0.4, 0.5) is 4.39 Å². The Bertz CT molecular complexity index is 189. The minimum atomic E-state index is -1.44. The van der Waals surface area contributed by atoms with Crippen molar-refractivity contribution in [3.05, 3.63) is 0 Å². The lowest BCUT2D eigenvalue weighted by Gasteiger charge is -2.40. The molecule has 5 atom stereocenters. The zero-order valence-electron chi connectivity index (χ0n) is 9.05. The summed E-state index contributed by atoms with van der Waals surface area (Å²) in [5, 5.41) is 9.45. The predicted molar refractivity (Wildman–Crippen MR) is 49.2 cm³/mol. The van der Waals surface area contributed by atoms with Gasteiger partial charge in [0.1, 0.15) is 18.3 Å². The maximum absolute atomic E-state index is 13.8. The van der Waals surface area contributed by atoms with E-state index in [0.29, 0.717) is 0 Å². The quantitative estimate of drug-likeness (QED) is 0.711. The molecule has 0 aromatic rings. The molecule has 0 amide bonds. The lowest BCUT2D eigenvalue weighted by Crippen LogP contribution is -2.58. The van der Waals surface area contributed by atoms with Gasteiger partial charge in [0.25, 0.3) is 0 Å². The summed E-state index contributed by atoms with van der Waals surface area (Å²) in [7, 11) is 4.17. The van der Waals surface area contributed by atoms with Crippen LogP contribution >= 0.6 is 0 Å². The average molecular weight is 224 g/mol. The van der Waals surface area contributed by atoms with E-state index in [2.05, 4.69) is 0 Å². The maximum atomic E-state index is 13.8. The van der Waals surface area contributed by atoms with Crippen LogP contribution in [0.5, 0.6) is 0 Å². The first kappa shape index (κ1) is 12.8. The molecule has 1 aliphatic heterocycles. The van der Waals surface area contributed by atoms with E-state index in [0.717, 1.165) is 0 Å². The summed E-state index contributed by atoms with van der Waals surface area (Å²) in [6.45, 7) is 0.159. The third-order valence-corrected chi connectivity index (χ3v) is 2.46. The zero-order valence-corrected chi connectivity index (χ0v) is 9.05. The average Bonchev–Trinajstić information content (AvgIpc) is 2.19. The Kier molecular flexibility index (Phi) is 4.88. The van der Waals surface area contributed by atoms with E-state index in [4.69, 9.17) is 18.9 Å². The fourth-order valence-electron chi connectivity index (χ4n) is 1.71. The van der Waals surface area contributed by atoms with Crippen molar-refractivity contribution in [3.8, 4) is 0 Å². The summed E-state index contributed by atoms with van der Waals surface area (Å²) >= 11 is 0. The highest BCUT2D eigenvalue weighted by molar-refractivity contribution is 4.90. The molecule has 0 aliphatic carbocycles. The molecule has 0 aromatic carbocycles. The number of methoxy groups -OCH3 is 3. The lowest BCUT2D eigenvalue weighted by atomic mass is 10.0. The van der Waals surface area contributed by atoms with Gasteiger partial charge >= 0.3 is 0 Å². The molecule has 1 rings (SSSR count). The molecule has 0 saturated carbocycles. The molecule has 1 heterocycles. The van der Waals surface area contributed by atoms with E-state index < -0.39 is 30.8 Å². The molecule has 15 heavy (non-hydrogen) atoms. The molecule has 0 radical (unpaired) electrons. The Labute approximate surface area is 88.1 Å². The minimum Gasteiger partial charge on any atom is -0.382 e. The molecule has 0 spiro atoms. The van der Waals surface area contributed by atoms with Gasteiger partial charge in [-0.3, -0.25) is 0 Å². The first-order chi connectivity index (χ1) is 7.15. The molecule has 1 aliphatic rings. The molecular formula is C9H17FO5.